The summed E-state index contributed by atoms with van der Waals surface area (Å²) in [6, 6.07) is 7.10. The lowest BCUT2D eigenvalue weighted by molar-refractivity contribution is -0.144. The minimum Gasteiger partial charge on any atom is -0.480 e. The van der Waals surface area contributed by atoms with Crippen LogP contribution in [-0.4, -0.2) is 32.1 Å². The van der Waals surface area contributed by atoms with Crippen LogP contribution in [0.4, 0.5) is 0 Å². The lowest BCUT2D eigenvalue weighted by Gasteiger charge is -2.34. The van der Waals surface area contributed by atoms with E-state index in [1.807, 2.05) is 36.2 Å². The van der Waals surface area contributed by atoms with Gasteiger partial charge in [-0.1, -0.05) is 35.9 Å². The van der Waals surface area contributed by atoms with E-state index in [-0.39, 0.29) is 0 Å². The molecule has 2 aromatic rings. The molecule has 0 saturated heterocycles. The molecule has 0 saturated carbocycles. The van der Waals surface area contributed by atoms with E-state index in [1.165, 1.54) is 0 Å². The molecule has 1 aliphatic rings. The molecule has 1 N–H and O–H groups in total. The van der Waals surface area contributed by atoms with Crippen LogP contribution in [0, 0.1) is 0 Å². The molecule has 21 heavy (non-hydrogen) atoms. The largest absolute Gasteiger partial charge is 0.480 e. The maximum Gasteiger partial charge on any atom is 0.325 e. The summed E-state index contributed by atoms with van der Waals surface area (Å²) in [6.07, 6.45) is 2.43. The third-order valence-corrected chi connectivity index (χ3v) is 4.34. The minimum atomic E-state index is -0.831. The van der Waals surface area contributed by atoms with Crippen LogP contribution in [0.25, 0.3) is 0 Å². The monoisotopic (exact) mass is 305 g/mol. The van der Waals surface area contributed by atoms with Gasteiger partial charge >= 0.3 is 5.97 Å². The molecule has 1 unspecified atom stereocenters. The van der Waals surface area contributed by atoms with E-state index in [0.717, 1.165) is 23.4 Å². The van der Waals surface area contributed by atoms with Crippen molar-refractivity contribution in [2.75, 3.05) is 6.54 Å². The van der Waals surface area contributed by atoms with Crippen molar-refractivity contribution >= 4 is 17.6 Å². The molecule has 0 bridgehead atoms. The number of imidazole rings is 1. The molecule has 6 heteroatoms. The Balaban J connectivity index is 1.92. The third-order valence-electron chi connectivity index (χ3n) is 3.99. The van der Waals surface area contributed by atoms with E-state index in [0.29, 0.717) is 18.2 Å². The number of nitrogens with zero attached hydrogens (tertiary/aromatic N) is 3. The maximum atomic E-state index is 11.7. The highest BCUT2D eigenvalue weighted by Crippen LogP contribution is 2.31. The number of hydrogen-bond donors (Lipinski definition) is 1. The number of carbonyl (C=O) groups is 1. The summed E-state index contributed by atoms with van der Waals surface area (Å²) in [6.45, 7) is 1.16. The Labute approximate surface area is 127 Å². The van der Waals surface area contributed by atoms with E-state index in [4.69, 9.17) is 11.6 Å². The SMILES string of the molecule is Cn1c(Cl)cnc1CN1CCc2ccccc2C1C(=O)O. The van der Waals surface area contributed by atoms with E-state index >= 15 is 0 Å². The van der Waals surface area contributed by atoms with E-state index in [1.54, 1.807) is 10.8 Å². The number of carboxylic acids is 1. The van der Waals surface area contributed by atoms with Crippen molar-refractivity contribution in [2.45, 2.75) is 19.0 Å². The van der Waals surface area contributed by atoms with Gasteiger partial charge in [0.15, 0.2) is 0 Å². The number of rotatable bonds is 3. The van der Waals surface area contributed by atoms with Crippen molar-refractivity contribution in [3.05, 3.63) is 52.6 Å². The normalized spacial score (nSPS) is 18.5. The van der Waals surface area contributed by atoms with Gasteiger partial charge in [-0.15, -0.1) is 0 Å². The smallest absolute Gasteiger partial charge is 0.325 e. The zero-order valence-corrected chi connectivity index (χ0v) is 12.4. The molecule has 3 rings (SSSR count). The summed E-state index contributed by atoms with van der Waals surface area (Å²) in [5, 5.41) is 10.2. The maximum absolute atomic E-state index is 11.7. The van der Waals surface area contributed by atoms with E-state index in [2.05, 4.69) is 4.98 Å². The molecule has 1 aromatic heterocycles. The number of aromatic nitrogens is 2. The molecular formula is C15H16ClN3O2. The molecule has 0 fully saturated rings. The van der Waals surface area contributed by atoms with Gasteiger partial charge in [0.1, 0.15) is 17.0 Å². The van der Waals surface area contributed by atoms with Crippen LogP contribution in [0.5, 0.6) is 0 Å². The zero-order chi connectivity index (χ0) is 15.0. The number of halogens is 1. The first-order chi connectivity index (χ1) is 10.1. The first kappa shape index (κ1) is 14.1. The average molecular weight is 306 g/mol. The first-order valence-electron chi connectivity index (χ1n) is 6.78. The van der Waals surface area contributed by atoms with Gasteiger partial charge in [-0.2, -0.15) is 0 Å². The standard InChI is InChI=1S/C15H16ClN3O2/c1-18-12(16)8-17-13(18)9-19-7-6-10-4-2-3-5-11(10)14(19)15(20)21/h2-5,8,14H,6-7,9H2,1H3,(H,20,21). The molecule has 2 heterocycles. The Morgan fingerprint density at radius 1 is 1.48 bits per heavy atom. The van der Waals surface area contributed by atoms with Crippen LogP contribution in [0.1, 0.15) is 23.0 Å². The molecular weight excluding hydrogens is 290 g/mol. The van der Waals surface area contributed by atoms with Gasteiger partial charge in [0, 0.05) is 13.6 Å². The summed E-state index contributed by atoms with van der Waals surface area (Å²) in [5.74, 6) is -0.0620. The number of fused-ring (bicyclic) bond motifs is 1. The lowest BCUT2D eigenvalue weighted by Crippen LogP contribution is -2.39. The highest BCUT2D eigenvalue weighted by Gasteiger charge is 2.33. The number of benzene rings is 1. The van der Waals surface area contributed by atoms with Crippen molar-refractivity contribution in [3.63, 3.8) is 0 Å². The van der Waals surface area contributed by atoms with Crippen molar-refractivity contribution < 1.29 is 9.90 Å². The fraction of sp³-hybridized carbons (Fsp3) is 0.333. The number of hydrogen-bond acceptors (Lipinski definition) is 3. The van der Waals surface area contributed by atoms with Crippen molar-refractivity contribution in [2.24, 2.45) is 7.05 Å². The van der Waals surface area contributed by atoms with Gasteiger partial charge < -0.3 is 9.67 Å². The van der Waals surface area contributed by atoms with Crippen molar-refractivity contribution in [3.8, 4) is 0 Å². The number of carboxylic acid groups (broad SMARTS) is 1. The average Bonchev–Trinajstić information content (AvgIpc) is 2.78. The molecule has 0 aliphatic carbocycles. The van der Waals surface area contributed by atoms with Crippen molar-refractivity contribution in [1.82, 2.24) is 14.5 Å². The molecule has 110 valence electrons. The molecule has 0 spiro atoms. The van der Waals surface area contributed by atoms with Crippen LogP contribution in [-0.2, 0) is 24.8 Å². The predicted molar refractivity (Wildman–Crippen MR) is 79.2 cm³/mol. The van der Waals surface area contributed by atoms with Gasteiger partial charge in [-0.3, -0.25) is 9.69 Å². The topological polar surface area (TPSA) is 58.4 Å². The van der Waals surface area contributed by atoms with Gasteiger partial charge in [-0.05, 0) is 17.5 Å². The third kappa shape index (κ3) is 2.54. The summed E-state index contributed by atoms with van der Waals surface area (Å²) in [4.78, 5) is 17.9. The Hall–Kier alpha value is -1.85. The van der Waals surface area contributed by atoms with Crippen LogP contribution in [0.15, 0.2) is 30.5 Å². The highest BCUT2D eigenvalue weighted by molar-refractivity contribution is 6.29. The first-order valence-corrected chi connectivity index (χ1v) is 7.16. The molecule has 1 aromatic carbocycles. The van der Waals surface area contributed by atoms with E-state index < -0.39 is 12.0 Å². The van der Waals surface area contributed by atoms with Crippen LogP contribution in [0.3, 0.4) is 0 Å². The van der Waals surface area contributed by atoms with Crippen LogP contribution in [0.2, 0.25) is 5.15 Å². The summed E-state index contributed by atoms with van der Waals surface area (Å²) in [7, 11) is 1.83. The molecule has 0 amide bonds. The minimum absolute atomic E-state index is 0.467. The number of aliphatic carboxylic acids is 1. The van der Waals surface area contributed by atoms with Gasteiger partial charge in [0.2, 0.25) is 0 Å². The van der Waals surface area contributed by atoms with Gasteiger partial charge in [0.25, 0.3) is 0 Å². The summed E-state index contributed by atoms with van der Waals surface area (Å²) in [5.41, 5.74) is 1.98. The fourth-order valence-corrected chi connectivity index (χ4v) is 2.98. The van der Waals surface area contributed by atoms with Gasteiger partial charge in [0.05, 0.1) is 12.7 Å². The lowest BCUT2D eigenvalue weighted by atomic mass is 9.92. The second kappa shape index (κ2) is 5.50. The Morgan fingerprint density at radius 2 is 2.24 bits per heavy atom. The quantitative estimate of drug-likeness (QED) is 0.945. The van der Waals surface area contributed by atoms with Crippen LogP contribution < -0.4 is 0 Å². The van der Waals surface area contributed by atoms with Crippen molar-refractivity contribution in [1.29, 1.82) is 0 Å². The molecule has 1 atom stereocenters. The summed E-state index contributed by atoms with van der Waals surface area (Å²) >= 11 is 5.99. The zero-order valence-electron chi connectivity index (χ0n) is 11.7. The van der Waals surface area contributed by atoms with E-state index in [9.17, 15) is 9.90 Å². The van der Waals surface area contributed by atoms with Gasteiger partial charge in [-0.25, -0.2) is 4.98 Å². The van der Waals surface area contributed by atoms with Crippen LogP contribution >= 0.6 is 11.6 Å². The second-order valence-corrected chi connectivity index (χ2v) is 5.60. The molecule has 0 radical (unpaired) electrons. The highest BCUT2D eigenvalue weighted by atomic mass is 35.5. The predicted octanol–water partition coefficient (Wildman–Crippen LogP) is 2.26. The Kier molecular flexibility index (Phi) is 3.69. The molecule has 5 nitrogen and oxygen atoms in total. The Bertz CT molecular complexity index is 683. The fourth-order valence-electron chi connectivity index (χ4n) is 2.83. The second-order valence-electron chi connectivity index (χ2n) is 5.22. The molecule has 1 aliphatic heterocycles. The summed E-state index contributed by atoms with van der Waals surface area (Å²) < 4.78 is 1.78. The Morgan fingerprint density at radius 3 is 2.90 bits per heavy atom.